The van der Waals surface area contributed by atoms with Crippen molar-refractivity contribution in [2.75, 3.05) is 5.32 Å². The van der Waals surface area contributed by atoms with Crippen LogP contribution < -0.4 is 5.32 Å². The van der Waals surface area contributed by atoms with Crippen molar-refractivity contribution in [2.45, 2.75) is 12.8 Å². The van der Waals surface area contributed by atoms with Gasteiger partial charge in [-0.05, 0) is 48.4 Å². The number of imidazole rings is 1. The van der Waals surface area contributed by atoms with Crippen LogP contribution in [0.5, 0.6) is 0 Å². The fourth-order valence-electron chi connectivity index (χ4n) is 2.79. The maximum atomic E-state index is 12.0. The fourth-order valence-corrected chi connectivity index (χ4v) is 2.79. The lowest BCUT2D eigenvalue weighted by Crippen LogP contribution is -2.11. The van der Waals surface area contributed by atoms with E-state index in [-0.39, 0.29) is 5.91 Å². The highest BCUT2D eigenvalue weighted by Crippen LogP contribution is 2.16. The van der Waals surface area contributed by atoms with Crippen LogP contribution in [0, 0.1) is 0 Å². The van der Waals surface area contributed by atoms with E-state index in [2.05, 4.69) is 15.3 Å². The average molecular weight is 331 g/mol. The minimum atomic E-state index is -0.251. The summed E-state index contributed by atoms with van der Waals surface area (Å²) in [6, 6.07) is 19.2. The van der Waals surface area contributed by atoms with Gasteiger partial charge in [-0.2, -0.15) is 0 Å². The number of anilines is 1. The summed E-state index contributed by atoms with van der Waals surface area (Å²) < 4.78 is 5.11. The molecule has 0 unspecified atom stereocenters. The van der Waals surface area contributed by atoms with Gasteiger partial charge in [0.15, 0.2) is 5.76 Å². The molecular formula is C20H17N3O2. The lowest BCUT2D eigenvalue weighted by Gasteiger charge is -2.06. The van der Waals surface area contributed by atoms with E-state index in [9.17, 15) is 4.79 Å². The number of amides is 1. The Bertz CT molecular complexity index is 970. The smallest absolute Gasteiger partial charge is 0.291 e. The van der Waals surface area contributed by atoms with Gasteiger partial charge in [0.1, 0.15) is 5.82 Å². The highest BCUT2D eigenvalue weighted by atomic mass is 16.3. The van der Waals surface area contributed by atoms with E-state index >= 15 is 0 Å². The summed E-state index contributed by atoms with van der Waals surface area (Å²) in [6.45, 7) is 0. The van der Waals surface area contributed by atoms with Crippen LogP contribution in [0.25, 0.3) is 11.0 Å². The quantitative estimate of drug-likeness (QED) is 0.576. The Morgan fingerprint density at radius 3 is 2.80 bits per heavy atom. The number of hydrogen-bond acceptors (Lipinski definition) is 3. The Balaban J connectivity index is 1.43. The summed E-state index contributed by atoms with van der Waals surface area (Å²) >= 11 is 0. The number of aromatic nitrogens is 2. The molecule has 0 aliphatic carbocycles. The predicted molar refractivity (Wildman–Crippen MR) is 96.6 cm³/mol. The number of benzene rings is 2. The molecule has 5 heteroatoms. The summed E-state index contributed by atoms with van der Waals surface area (Å²) in [4.78, 5) is 20.0. The van der Waals surface area contributed by atoms with Crippen LogP contribution in [0.1, 0.15) is 21.9 Å². The highest BCUT2D eigenvalue weighted by molar-refractivity contribution is 6.02. The first-order chi connectivity index (χ1) is 12.3. The number of nitrogens with one attached hydrogen (secondary N) is 2. The molecule has 0 radical (unpaired) electrons. The molecule has 0 spiro atoms. The zero-order valence-corrected chi connectivity index (χ0v) is 13.5. The van der Waals surface area contributed by atoms with Gasteiger partial charge in [0.2, 0.25) is 0 Å². The normalized spacial score (nSPS) is 10.9. The monoisotopic (exact) mass is 331 g/mol. The third-order valence-corrected chi connectivity index (χ3v) is 4.02. The van der Waals surface area contributed by atoms with Crippen LogP contribution in [0.15, 0.2) is 71.3 Å². The number of aryl methyl sites for hydroxylation is 2. The number of hydrogen-bond donors (Lipinski definition) is 2. The summed E-state index contributed by atoms with van der Waals surface area (Å²) in [6.07, 6.45) is 3.13. The molecule has 0 bridgehead atoms. The number of carbonyl (C=O) groups excluding carboxylic acids is 1. The molecule has 0 aliphatic heterocycles. The average Bonchev–Trinajstić information content (AvgIpc) is 3.29. The SMILES string of the molecule is O=C(Nc1cccc(CCc2nc3ccccc3[nH]2)c1)c1ccco1. The number of furan rings is 1. The van der Waals surface area contributed by atoms with E-state index in [4.69, 9.17) is 4.42 Å². The van der Waals surface area contributed by atoms with Crippen LogP contribution in [-0.2, 0) is 12.8 Å². The minimum Gasteiger partial charge on any atom is -0.459 e. The Morgan fingerprint density at radius 2 is 1.96 bits per heavy atom. The van der Waals surface area contributed by atoms with Gasteiger partial charge in [0.25, 0.3) is 5.91 Å². The number of fused-ring (bicyclic) bond motifs is 1. The largest absolute Gasteiger partial charge is 0.459 e. The number of rotatable bonds is 5. The first kappa shape index (κ1) is 15.2. The number of aromatic amines is 1. The summed E-state index contributed by atoms with van der Waals surface area (Å²) in [7, 11) is 0. The second-order valence-electron chi connectivity index (χ2n) is 5.83. The molecular weight excluding hydrogens is 314 g/mol. The van der Waals surface area contributed by atoms with Crippen molar-refractivity contribution in [3.05, 3.63) is 84.1 Å². The zero-order valence-electron chi connectivity index (χ0n) is 13.5. The van der Waals surface area contributed by atoms with Gasteiger partial charge in [-0.15, -0.1) is 0 Å². The molecule has 1 amide bonds. The van der Waals surface area contributed by atoms with Crippen molar-refractivity contribution < 1.29 is 9.21 Å². The Morgan fingerprint density at radius 1 is 1.04 bits per heavy atom. The molecule has 2 aromatic carbocycles. The van der Waals surface area contributed by atoms with Crippen molar-refractivity contribution in [3.63, 3.8) is 0 Å². The van der Waals surface area contributed by atoms with E-state index in [0.29, 0.717) is 5.76 Å². The number of carbonyl (C=O) groups is 1. The van der Waals surface area contributed by atoms with E-state index < -0.39 is 0 Å². The van der Waals surface area contributed by atoms with E-state index in [0.717, 1.165) is 41.0 Å². The molecule has 2 aromatic heterocycles. The summed E-state index contributed by atoms with van der Waals surface area (Å²) in [5.41, 5.74) is 3.93. The van der Waals surface area contributed by atoms with E-state index in [1.807, 2.05) is 48.5 Å². The van der Waals surface area contributed by atoms with Gasteiger partial charge in [-0.1, -0.05) is 24.3 Å². The predicted octanol–water partition coefficient (Wildman–Crippen LogP) is 4.19. The van der Waals surface area contributed by atoms with Gasteiger partial charge in [-0.3, -0.25) is 4.79 Å². The van der Waals surface area contributed by atoms with Crippen molar-refractivity contribution in [1.82, 2.24) is 9.97 Å². The van der Waals surface area contributed by atoms with Crippen molar-refractivity contribution in [2.24, 2.45) is 0 Å². The molecule has 5 nitrogen and oxygen atoms in total. The molecule has 0 saturated heterocycles. The van der Waals surface area contributed by atoms with Crippen molar-refractivity contribution >= 4 is 22.6 Å². The van der Waals surface area contributed by atoms with Gasteiger partial charge >= 0.3 is 0 Å². The lowest BCUT2D eigenvalue weighted by molar-refractivity contribution is 0.0996. The molecule has 0 fully saturated rings. The Kier molecular flexibility index (Phi) is 4.04. The number of para-hydroxylation sites is 2. The van der Waals surface area contributed by atoms with Crippen LogP contribution >= 0.6 is 0 Å². The van der Waals surface area contributed by atoms with Gasteiger partial charge in [-0.25, -0.2) is 4.98 Å². The standard InChI is InChI=1S/C20H17N3O2/c24-20(18-9-4-12-25-18)21-15-6-3-5-14(13-15)10-11-19-22-16-7-1-2-8-17(16)23-19/h1-9,12-13H,10-11H2,(H,21,24)(H,22,23). The second kappa shape index (κ2) is 6.65. The van der Waals surface area contributed by atoms with Gasteiger partial charge < -0.3 is 14.7 Å². The first-order valence-corrected chi connectivity index (χ1v) is 8.15. The zero-order chi connectivity index (χ0) is 17.1. The molecule has 4 aromatic rings. The topological polar surface area (TPSA) is 70.9 Å². The maximum Gasteiger partial charge on any atom is 0.291 e. The molecule has 124 valence electrons. The molecule has 0 atom stereocenters. The van der Waals surface area contributed by atoms with Gasteiger partial charge in [0.05, 0.1) is 17.3 Å². The molecule has 0 saturated carbocycles. The fraction of sp³-hybridized carbons (Fsp3) is 0.100. The first-order valence-electron chi connectivity index (χ1n) is 8.15. The maximum absolute atomic E-state index is 12.0. The van der Waals surface area contributed by atoms with Crippen LogP contribution in [-0.4, -0.2) is 15.9 Å². The van der Waals surface area contributed by atoms with Crippen molar-refractivity contribution in [3.8, 4) is 0 Å². The van der Waals surface area contributed by atoms with Gasteiger partial charge in [0, 0.05) is 12.1 Å². The number of H-pyrrole nitrogens is 1. The number of nitrogens with zero attached hydrogens (tertiary/aromatic N) is 1. The lowest BCUT2D eigenvalue weighted by atomic mass is 10.1. The summed E-state index contributed by atoms with van der Waals surface area (Å²) in [5.74, 6) is 1.01. The molecule has 2 heterocycles. The summed E-state index contributed by atoms with van der Waals surface area (Å²) in [5, 5.41) is 2.85. The second-order valence-corrected chi connectivity index (χ2v) is 5.83. The van der Waals surface area contributed by atoms with Crippen LogP contribution in [0.3, 0.4) is 0 Å². The Labute approximate surface area is 144 Å². The Hall–Kier alpha value is -3.34. The minimum absolute atomic E-state index is 0.251. The van der Waals surface area contributed by atoms with E-state index in [1.54, 1.807) is 12.1 Å². The molecule has 25 heavy (non-hydrogen) atoms. The third-order valence-electron chi connectivity index (χ3n) is 4.02. The molecule has 0 aliphatic rings. The van der Waals surface area contributed by atoms with Crippen LogP contribution in [0.4, 0.5) is 5.69 Å². The van der Waals surface area contributed by atoms with E-state index in [1.165, 1.54) is 6.26 Å². The third kappa shape index (κ3) is 3.45. The molecule has 2 N–H and O–H groups in total. The van der Waals surface area contributed by atoms with Crippen LogP contribution in [0.2, 0.25) is 0 Å². The van der Waals surface area contributed by atoms with Crippen molar-refractivity contribution in [1.29, 1.82) is 0 Å². The highest BCUT2D eigenvalue weighted by Gasteiger charge is 2.09. The molecule has 4 rings (SSSR count).